The zero-order chi connectivity index (χ0) is 15.3. The molecule has 0 radical (unpaired) electrons. The first-order valence-corrected chi connectivity index (χ1v) is 7.80. The summed E-state index contributed by atoms with van der Waals surface area (Å²) in [5.74, 6) is 1.69. The molecule has 0 saturated carbocycles. The van der Waals surface area contributed by atoms with Crippen LogP contribution < -0.4 is 4.74 Å². The molecular formula is C18H26N2O. The normalized spacial score (nSPS) is 19.4. The van der Waals surface area contributed by atoms with Crippen molar-refractivity contribution in [3.63, 3.8) is 0 Å². The van der Waals surface area contributed by atoms with Crippen LogP contribution in [0.2, 0.25) is 0 Å². The predicted molar refractivity (Wildman–Crippen MR) is 85.3 cm³/mol. The van der Waals surface area contributed by atoms with Crippen LogP contribution in [-0.4, -0.2) is 31.1 Å². The van der Waals surface area contributed by atoms with Crippen molar-refractivity contribution in [1.29, 1.82) is 5.26 Å². The molecule has 2 rings (SSSR count). The van der Waals surface area contributed by atoms with Crippen molar-refractivity contribution in [2.45, 2.75) is 33.6 Å². The molecule has 1 atom stereocenters. The lowest BCUT2D eigenvalue weighted by molar-refractivity contribution is 0.203. The zero-order valence-corrected chi connectivity index (χ0v) is 13.4. The summed E-state index contributed by atoms with van der Waals surface area (Å²) < 4.78 is 5.80. The Bertz CT molecular complexity index is 481. The van der Waals surface area contributed by atoms with Crippen LogP contribution in [0.15, 0.2) is 24.3 Å². The lowest BCUT2D eigenvalue weighted by Gasteiger charge is -2.27. The third-order valence-corrected chi connectivity index (χ3v) is 4.38. The van der Waals surface area contributed by atoms with Gasteiger partial charge in [-0.3, -0.25) is 4.90 Å². The summed E-state index contributed by atoms with van der Waals surface area (Å²) in [6, 6.07) is 9.98. The summed E-state index contributed by atoms with van der Waals surface area (Å²) in [5, 5.41) is 8.64. The summed E-state index contributed by atoms with van der Waals surface area (Å²) in [6.07, 6.45) is 1.76. The first-order chi connectivity index (χ1) is 9.99. The monoisotopic (exact) mass is 286 g/mol. The molecule has 114 valence electrons. The number of ether oxygens (including phenoxy) is 1. The summed E-state index contributed by atoms with van der Waals surface area (Å²) >= 11 is 0. The van der Waals surface area contributed by atoms with E-state index in [1.807, 2.05) is 24.3 Å². The van der Waals surface area contributed by atoms with Gasteiger partial charge in [0, 0.05) is 13.1 Å². The zero-order valence-electron chi connectivity index (χ0n) is 13.4. The van der Waals surface area contributed by atoms with Crippen LogP contribution in [0.1, 0.15) is 32.8 Å². The van der Waals surface area contributed by atoms with Crippen LogP contribution in [0.4, 0.5) is 0 Å². The minimum Gasteiger partial charge on any atom is -0.492 e. The van der Waals surface area contributed by atoms with Crippen LogP contribution in [-0.2, 0) is 6.42 Å². The Balaban J connectivity index is 1.72. The molecule has 1 aliphatic rings. The van der Waals surface area contributed by atoms with E-state index in [0.29, 0.717) is 11.8 Å². The van der Waals surface area contributed by atoms with E-state index >= 15 is 0 Å². The Hall–Kier alpha value is -1.53. The Morgan fingerprint density at radius 1 is 1.29 bits per heavy atom. The summed E-state index contributed by atoms with van der Waals surface area (Å²) in [4.78, 5) is 2.50. The van der Waals surface area contributed by atoms with Gasteiger partial charge in [-0.25, -0.2) is 0 Å². The molecule has 1 unspecified atom stereocenters. The average molecular weight is 286 g/mol. The molecule has 1 aliphatic heterocycles. The van der Waals surface area contributed by atoms with E-state index in [1.165, 1.54) is 19.5 Å². The van der Waals surface area contributed by atoms with Gasteiger partial charge < -0.3 is 4.74 Å². The molecular weight excluding hydrogens is 260 g/mol. The van der Waals surface area contributed by atoms with E-state index in [1.54, 1.807) is 0 Å². The van der Waals surface area contributed by atoms with Gasteiger partial charge >= 0.3 is 0 Å². The van der Waals surface area contributed by atoms with E-state index in [2.05, 4.69) is 31.7 Å². The fourth-order valence-electron chi connectivity index (χ4n) is 2.83. The first kappa shape index (κ1) is 15.9. The molecule has 0 aromatic heterocycles. The molecule has 1 aromatic rings. The summed E-state index contributed by atoms with van der Waals surface area (Å²) in [6.45, 7) is 11.1. The van der Waals surface area contributed by atoms with Crippen LogP contribution in [0, 0.1) is 22.7 Å². The van der Waals surface area contributed by atoms with Crippen molar-refractivity contribution in [2.24, 2.45) is 11.3 Å². The molecule has 1 aromatic carbocycles. The quantitative estimate of drug-likeness (QED) is 0.831. The molecule has 1 saturated heterocycles. The second-order valence-electron chi connectivity index (χ2n) is 6.98. The van der Waals surface area contributed by atoms with Gasteiger partial charge in [0.15, 0.2) is 0 Å². The highest BCUT2D eigenvalue weighted by Gasteiger charge is 2.31. The molecule has 0 aliphatic carbocycles. The number of rotatable bonds is 5. The van der Waals surface area contributed by atoms with Crippen LogP contribution in [0.3, 0.4) is 0 Å². The van der Waals surface area contributed by atoms with Gasteiger partial charge in [-0.1, -0.05) is 32.9 Å². The lowest BCUT2D eigenvalue weighted by atomic mass is 9.80. The van der Waals surface area contributed by atoms with Crippen molar-refractivity contribution in [1.82, 2.24) is 4.90 Å². The largest absolute Gasteiger partial charge is 0.492 e. The molecule has 21 heavy (non-hydrogen) atoms. The van der Waals surface area contributed by atoms with Gasteiger partial charge in [0.2, 0.25) is 0 Å². The maximum Gasteiger partial charge on any atom is 0.119 e. The number of nitrogens with zero attached hydrogens (tertiary/aromatic N) is 2. The number of hydrogen-bond donors (Lipinski definition) is 0. The van der Waals surface area contributed by atoms with E-state index < -0.39 is 0 Å². The Kier molecular flexibility index (Phi) is 5.25. The summed E-state index contributed by atoms with van der Waals surface area (Å²) in [5.41, 5.74) is 1.45. The number of hydrogen-bond acceptors (Lipinski definition) is 3. The van der Waals surface area contributed by atoms with Crippen molar-refractivity contribution >= 4 is 0 Å². The highest BCUT2D eigenvalue weighted by molar-refractivity contribution is 5.28. The van der Waals surface area contributed by atoms with Gasteiger partial charge in [-0.05, 0) is 42.0 Å². The van der Waals surface area contributed by atoms with Crippen molar-refractivity contribution < 1.29 is 4.74 Å². The molecule has 0 amide bonds. The van der Waals surface area contributed by atoms with Gasteiger partial charge in [-0.15, -0.1) is 0 Å². The van der Waals surface area contributed by atoms with Gasteiger partial charge in [0.25, 0.3) is 0 Å². The Morgan fingerprint density at radius 2 is 2.00 bits per heavy atom. The molecule has 0 N–H and O–H groups in total. The van der Waals surface area contributed by atoms with Crippen LogP contribution in [0.25, 0.3) is 0 Å². The number of benzene rings is 1. The average Bonchev–Trinajstić information content (AvgIpc) is 2.90. The topological polar surface area (TPSA) is 36.3 Å². The van der Waals surface area contributed by atoms with Crippen LogP contribution >= 0.6 is 0 Å². The highest BCUT2D eigenvalue weighted by atomic mass is 16.5. The Morgan fingerprint density at radius 3 is 2.57 bits per heavy atom. The van der Waals surface area contributed by atoms with E-state index in [9.17, 15) is 0 Å². The fraction of sp³-hybridized carbons (Fsp3) is 0.611. The third-order valence-electron chi connectivity index (χ3n) is 4.38. The third kappa shape index (κ3) is 4.75. The standard InChI is InChI=1S/C18H26N2O/c1-18(2,3)16-9-11-20(14-16)12-13-21-17-6-4-15(5-7-17)8-10-19/h4-7,16H,8-9,11-14H2,1-3H3. The van der Waals surface area contributed by atoms with Crippen molar-refractivity contribution in [3.05, 3.63) is 29.8 Å². The molecule has 0 spiro atoms. The highest BCUT2D eigenvalue weighted by Crippen LogP contribution is 2.33. The smallest absolute Gasteiger partial charge is 0.119 e. The second kappa shape index (κ2) is 6.95. The molecule has 3 heteroatoms. The minimum absolute atomic E-state index is 0.409. The van der Waals surface area contributed by atoms with Crippen molar-refractivity contribution in [3.8, 4) is 11.8 Å². The predicted octanol–water partition coefficient (Wildman–Crippen LogP) is 3.50. The van der Waals surface area contributed by atoms with E-state index in [-0.39, 0.29) is 0 Å². The van der Waals surface area contributed by atoms with Gasteiger partial charge in [-0.2, -0.15) is 5.26 Å². The molecule has 1 heterocycles. The molecule has 1 fully saturated rings. The molecule has 0 bridgehead atoms. The van der Waals surface area contributed by atoms with E-state index in [0.717, 1.165) is 30.4 Å². The molecule has 3 nitrogen and oxygen atoms in total. The van der Waals surface area contributed by atoms with Crippen molar-refractivity contribution in [2.75, 3.05) is 26.2 Å². The minimum atomic E-state index is 0.409. The van der Waals surface area contributed by atoms with Crippen LogP contribution in [0.5, 0.6) is 5.75 Å². The fourth-order valence-corrected chi connectivity index (χ4v) is 2.83. The Labute approximate surface area is 128 Å². The SMILES string of the molecule is CC(C)(C)C1CCN(CCOc2ccc(CC#N)cc2)C1. The van der Waals surface area contributed by atoms with Gasteiger partial charge in [0.05, 0.1) is 12.5 Å². The first-order valence-electron chi connectivity index (χ1n) is 7.80. The lowest BCUT2D eigenvalue weighted by Crippen LogP contribution is -2.29. The van der Waals surface area contributed by atoms with Gasteiger partial charge in [0.1, 0.15) is 12.4 Å². The van der Waals surface area contributed by atoms with E-state index in [4.69, 9.17) is 10.00 Å². The maximum absolute atomic E-state index is 8.64. The second-order valence-corrected chi connectivity index (χ2v) is 6.98. The summed E-state index contributed by atoms with van der Waals surface area (Å²) in [7, 11) is 0. The maximum atomic E-state index is 8.64. The number of nitriles is 1. The number of likely N-dealkylation sites (tertiary alicyclic amines) is 1.